The standard InChI is InChI=1S/C12H11F3O4/c1-2-18-9-5-3-8(4-6-11(16)17)7-10(9)19-12(13,14)15/h3-7H,2H2,1H3,(H,16,17)/b6-4+. The lowest BCUT2D eigenvalue weighted by Crippen LogP contribution is -2.17. The Morgan fingerprint density at radius 3 is 2.58 bits per heavy atom. The van der Waals surface area contributed by atoms with Crippen LogP contribution in [0.3, 0.4) is 0 Å². The highest BCUT2D eigenvalue weighted by Crippen LogP contribution is 2.33. The molecule has 7 heteroatoms. The summed E-state index contributed by atoms with van der Waals surface area (Å²) >= 11 is 0. The van der Waals surface area contributed by atoms with Crippen molar-refractivity contribution in [1.29, 1.82) is 0 Å². The molecule has 1 N–H and O–H groups in total. The Balaban J connectivity index is 3.07. The van der Waals surface area contributed by atoms with E-state index in [1.165, 1.54) is 12.1 Å². The zero-order chi connectivity index (χ0) is 14.5. The van der Waals surface area contributed by atoms with Gasteiger partial charge >= 0.3 is 12.3 Å². The number of hydrogen-bond donors (Lipinski definition) is 1. The molecule has 19 heavy (non-hydrogen) atoms. The fourth-order valence-corrected chi connectivity index (χ4v) is 1.28. The van der Waals surface area contributed by atoms with Gasteiger partial charge in [0.05, 0.1) is 6.61 Å². The largest absolute Gasteiger partial charge is 0.573 e. The molecule has 0 spiro atoms. The summed E-state index contributed by atoms with van der Waals surface area (Å²) in [5, 5.41) is 8.45. The molecule has 0 bridgehead atoms. The van der Waals surface area contributed by atoms with Crippen molar-refractivity contribution in [3.63, 3.8) is 0 Å². The number of carboxylic acid groups (broad SMARTS) is 1. The molecule has 0 saturated heterocycles. The third-order valence-corrected chi connectivity index (χ3v) is 1.91. The van der Waals surface area contributed by atoms with Crippen molar-refractivity contribution in [2.75, 3.05) is 6.61 Å². The molecule has 0 atom stereocenters. The highest BCUT2D eigenvalue weighted by atomic mass is 19.4. The number of carboxylic acids is 1. The van der Waals surface area contributed by atoms with Crippen LogP contribution in [0.25, 0.3) is 6.08 Å². The van der Waals surface area contributed by atoms with E-state index in [4.69, 9.17) is 9.84 Å². The van der Waals surface area contributed by atoms with Crippen LogP contribution in [0.5, 0.6) is 11.5 Å². The zero-order valence-corrected chi connectivity index (χ0v) is 9.90. The van der Waals surface area contributed by atoms with Gasteiger partial charge < -0.3 is 14.6 Å². The zero-order valence-electron chi connectivity index (χ0n) is 9.90. The lowest BCUT2D eigenvalue weighted by Gasteiger charge is -2.13. The molecule has 0 radical (unpaired) electrons. The number of rotatable bonds is 5. The van der Waals surface area contributed by atoms with Gasteiger partial charge in [0, 0.05) is 6.08 Å². The average molecular weight is 276 g/mol. The molecule has 4 nitrogen and oxygen atoms in total. The molecule has 1 aromatic carbocycles. The quantitative estimate of drug-likeness (QED) is 0.840. The second-order valence-electron chi connectivity index (χ2n) is 3.36. The molecule has 0 unspecified atom stereocenters. The third kappa shape index (κ3) is 5.33. The molecule has 104 valence electrons. The fraction of sp³-hybridized carbons (Fsp3) is 0.250. The molecular weight excluding hydrogens is 265 g/mol. The predicted octanol–water partition coefficient (Wildman–Crippen LogP) is 3.08. The first-order valence-electron chi connectivity index (χ1n) is 5.25. The van der Waals surface area contributed by atoms with Crippen molar-refractivity contribution < 1.29 is 32.5 Å². The van der Waals surface area contributed by atoms with Crippen LogP contribution in [0.2, 0.25) is 0 Å². The molecule has 1 aromatic rings. The molecule has 0 aliphatic carbocycles. The second kappa shape index (κ2) is 6.12. The third-order valence-electron chi connectivity index (χ3n) is 1.91. The van der Waals surface area contributed by atoms with E-state index in [9.17, 15) is 18.0 Å². The van der Waals surface area contributed by atoms with Crippen LogP contribution < -0.4 is 9.47 Å². The smallest absolute Gasteiger partial charge is 0.490 e. The van der Waals surface area contributed by atoms with Gasteiger partial charge in [-0.2, -0.15) is 0 Å². The van der Waals surface area contributed by atoms with Crippen LogP contribution in [0.15, 0.2) is 24.3 Å². The van der Waals surface area contributed by atoms with Crippen molar-refractivity contribution in [3.8, 4) is 11.5 Å². The van der Waals surface area contributed by atoms with Gasteiger partial charge in [-0.3, -0.25) is 0 Å². The van der Waals surface area contributed by atoms with E-state index in [-0.39, 0.29) is 17.9 Å². The first-order chi connectivity index (χ1) is 8.81. The van der Waals surface area contributed by atoms with Crippen LogP contribution in [-0.2, 0) is 4.79 Å². The Labute approximate surface area is 107 Å². The molecule has 0 aromatic heterocycles. The normalized spacial score (nSPS) is 11.6. The number of aliphatic carboxylic acids is 1. The minimum atomic E-state index is -4.85. The van der Waals surface area contributed by atoms with Crippen LogP contribution in [0, 0.1) is 0 Å². The van der Waals surface area contributed by atoms with E-state index in [0.29, 0.717) is 0 Å². The monoisotopic (exact) mass is 276 g/mol. The molecule has 0 aliphatic heterocycles. The Morgan fingerprint density at radius 2 is 2.05 bits per heavy atom. The Hall–Kier alpha value is -2.18. The van der Waals surface area contributed by atoms with Gasteiger partial charge in [0.15, 0.2) is 11.5 Å². The van der Waals surface area contributed by atoms with E-state index in [0.717, 1.165) is 18.2 Å². The van der Waals surface area contributed by atoms with Crippen LogP contribution in [0.1, 0.15) is 12.5 Å². The summed E-state index contributed by atoms with van der Waals surface area (Å²) in [4.78, 5) is 10.3. The van der Waals surface area contributed by atoms with Crippen molar-refractivity contribution in [3.05, 3.63) is 29.8 Å². The van der Waals surface area contributed by atoms with Gasteiger partial charge in [-0.05, 0) is 30.7 Å². The van der Waals surface area contributed by atoms with Gasteiger partial charge in [0.2, 0.25) is 0 Å². The van der Waals surface area contributed by atoms with Crippen molar-refractivity contribution in [2.45, 2.75) is 13.3 Å². The summed E-state index contributed by atoms with van der Waals surface area (Å²) in [5.41, 5.74) is 0.255. The van der Waals surface area contributed by atoms with E-state index >= 15 is 0 Å². The Morgan fingerprint density at radius 1 is 1.37 bits per heavy atom. The molecule has 0 amide bonds. The lowest BCUT2D eigenvalue weighted by atomic mass is 10.2. The van der Waals surface area contributed by atoms with Crippen molar-refractivity contribution >= 4 is 12.0 Å². The number of benzene rings is 1. The number of halogens is 3. The van der Waals surface area contributed by atoms with E-state index < -0.39 is 18.1 Å². The van der Waals surface area contributed by atoms with Gasteiger partial charge in [-0.15, -0.1) is 13.2 Å². The maximum atomic E-state index is 12.2. The average Bonchev–Trinajstić information content (AvgIpc) is 2.27. The highest BCUT2D eigenvalue weighted by Gasteiger charge is 2.32. The van der Waals surface area contributed by atoms with Gasteiger partial charge in [0.1, 0.15) is 0 Å². The molecular formula is C12H11F3O4. The van der Waals surface area contributed by atoms with Gasteiger partial charge in [0.25, 0.3) is 0 Å². The molecule has 0 fully saturated rings. The first-order valence-corrected chi connectivity index (χ1v) is 5.25. The number of alkyl halides is 3. The summed E-state index contributed by atoms with van der Waals surface area (Å²) in [6, 6.07) is 3.76. The second-order valence-corrected chi connectivity index (χ2v) is 3.36. The summed E-state index contributed by atoms with van der Waals surface area (Å²) < 4.78 is 45.5. The fourth-order valence-electron chi connectivity index (χ4n) is 1.28. The van der Waals surface area contributed by atoms with E-state index in [1.807, 2.05) is 0 Å². The first kappa shape index (κ1) is 14.9. The minimum absolute atomic E-state index is 0.0627. The van der Waals surface area contributed by atoms with Gasteiger partial charge in [-0.1, -0.05) is 6.07 Å². The Kier molecular flexibility index (Phi) is 4.80. The molecule has 0 saturated carbocycles. The SMILES string of the molecule is CCOc1ccc(/C=C/C(=O)O)cc1OC(F)(F)F. The summed E-state index contributed by atoms with van der Waals surface area (Å²) in [6.45, 7) is 1.80. The van der Waals surface area contributed by atoms with Crippen LogP contribution in [-0.4, -0.2) is 24.0 Å². The predicted molar refractivity (Wildman–Crippen MR) is 61.0 cm³/mol. The van der Waals surface area contributed by atoms with Crippen molar-refractivity contribution in [2.24, 2.45) is 0 Å². The summed E-state index contributed by atoms with van der Waals surface area (Å²) in [6.07, 6.45) is -2.88. The lowest BCUT2D eigenvalue weighted by molar-refractivity contribution is -0.275. The summed E-state index contributed by atoms with van der Waals surface area (Å²) in [5.74, 6) is -1.78. The van der Waals surface area contributed by atoms with Crippen LogP contribution in [0.4, 0.5) is 13.2 Å². The number of carbonyl (C=O) groups is 1. The van der Waals surface area contributed by atoms with Gasteiger partial charge in [-0.25, -0.2) is 4.79 Å². The minimum Gasteiger partial charge on any atom is -0.490 e. The molecule has 1 rings (SSSR count). The van der Waals surface area contributed by atoms with Crippen molar-refractivity contribution in [1.82, 2.24) is 0 Å². The highest BCUT2D eigenvalue weighted by molar-refractivity contribution is 5.85. The summed E-state index contributed by atoms with van der Waals surface area (Å²) in [7, 11) is 0. The number of ether oxygens (including phenoxy) is 2. The maximum absolute atomic E-state index is 12.2. The Bertz CT molecular complexity index is 480. The molecule has 0 aliphatic rings. The topological polar surface area (TPSA) is 55.8 Å². The number of hydrogen-bond acceptors (Lipinski definition) is 3. The molecule has 0 heterocycles. The van der Waals surface area contributed by atoms with E-state index in [1.54, 1.807) is 6.92 Å². The van der Waals surface area contributed by atoms with Crippen LogP contribution >= 0.6 is 0 Å². The van der Waals surface area contributed by atoms with E-state index in [2.05, 4.69) is 4.74 Å². The maximum Gasteiger partial charge on any atom is 0.573 e.